The minimum Gasteiger partial charge on any atom is -0.250 e. The molecule has 1 aromatic carbocycles. The van der Waals surface area contributed by atoms with Crippen molar-refractivity contribution in [3.8, 4) is 0 Å². The van der Waals surface area contributed by atoms with Crippen LogP contribution >= 0.6 is 12.2 Å². The second kappa shape index (κ2) is 4.54. The highest BCUT2D eigenvalue weighted by atomic mass is 32.1. The molecule has 88 valence electrons. The van der Waals surface area contributed by atoms with Gasteiger partial charge in [-0.2, -0.15) is 14.9 Å². The van der Waals surface area contributed by atoms with Gasteiger partial charge in [-0.3, -0.25) is 5.10 Å². The fourth-order valence-electron chi connectivity index (χ4n) is 1.23. The van der Waals surface area contributed by atoms with E-state index in [9.17, 15) is 8.78 Å². The summed E-state index contributed by atoms with van der Waals surface area (Å²) < 4.78 is 27.6. The van der Waals surface area contributed by atoms with Gasteiger partial charge in [0.15, 0.2) is 0 Å². The third kappa shape index (κ3) is 2.44. The van der Waals surface area contributed by atoms with Gasteiger partial charge in [-0.15, -0.1) is 0 Å². The van der Waals surface area contributed by atoms with Gasteiger partial charge in [-0.05, 0) is 31.3 Å². The van der Waals surface area contributed by atoms with Crippen molar-refractivity contribution in [3.05, 3.63) is 46.0 Å². The van der Waals surface area contributed by atoms with Crippen LogP contribution in [0.1, 0.15) is 11.4 Å². The first-order valence-corrected chi connectivity index (χ1v) is 5.12. The average Bonchev–Trinajstić information content (AvgIpc) is 2.58. The van der Waals surface area contributed by atoms with Crippen LogP contribution in [0.3, 0.4) is 0 Å². The summed E-state index contributed by atoms with van der Waals surface area (Å²) in [4.78, 5) is 0. The third-order valence-electron chi connectivity index (χ3n) is 2.09. The predicted octanol–water partition coefficient (Wildman–Crippen LogP) is 2.41. The number of aromatic nitrogens is 3. The topological polar surface area (TPSA) is 46.0 Å². The molecule has 17 heavy (non-hydrogen) atoms. The van der Waals surface area contributed by atoms with Gasteiger partial charge in [-0.1, -0.05) is 0 Å². The highest BCUT2D eigenvalue weighted by Crippen LogP contribution is 2.07. The maximum absolute atomic E-state index is 13.3. The highest BCUT2D eigenvalue weighted by molar-refractivity contribution is 7.71. The van der Waals surface area contributed by atoms with Gasteiger partial charge < -0.3 is 0 Å². The number of benzene rings is 1. The molecular weight excluding hydrogens is 246 g/mol. The Morgan fingerprint density at radius 3 is 2.82 bits per heavy atom. The van der Waals surface area contributed by atoms with Crippen LogP contribution in [0.4, 0.5) is 8.78 Å². The Morgan fingerprint density at radius 2 is 2.24 bits per heavy atom. The summed E-state index contributed by atoms with van der Waals surface area (Å²) in [5.74, 6) is -0.758. The minimum atomic E-state index is -0.679. The molecule has 0 saturated heterocycles. The molecule has 0 atom stereocenters. The molecule has 1 heterocycles. The van der Waals surface area contributed by atoms with Crippen LogP contribution in [0, 0.1) is 23.3 Å². The summed E-state index contributed by atoms with van der Waals surface area (Å²) >= 11 is 4.92. The number of hydrogen-bond donors (Lipinski definition) is 1. The van der Waals surface area contributed by atoms with Crippen molar-refractivity contribution < 1.29 is 8.78 Å². The molecule has 0 unspecified atom stereocenters. The Kier molecular flexibility index (Phi) is 3.10. The number of rotatable bonds is 2. The number of halogens is 2. The van der Waals surface area contributed by atoms with Gasteiger partial charge in [0, 0.05) is 11.6 Å². The largest absolute Gasteiger partial charge is 0.250 e. The van der Waals surface area contributed by atoms with E-state index >= 15 is 0 Å². The summed E-state index contributed by atoms with van der Waals surface area (Å²) in [5.41, 5.74) is 0.175. The van der Waals surface area contributed by atoms with E-state index in [1.165, 1.54) is 17.0 Å². The van der Waals surface area contributed by atoms with Crippen LogP contribution in [0.2, 0.25) is 0 Å². The summed E-state index contributed by atoms with van der Waals surface area (Å²) in [6, 6.07) is 3.25. The van der Waals surface area contributed by atoms with Crippen LogP contribution in [0.15, 0.2) is 23.3 Å². The van der Waals surface area contributed by atoms with E-state index in [-0.39, 0.29) is 5.56 Å². The molecule has 4 nitrogen and oxygen atoms in total. The van der Waals surface area contributed by atoms with Gasteiger partial charge >= 0.3 is 0 Å². The molecule has 0 aliphatic heterocycles. The van der Waals surface area contributed by atoms with Gasteiger partial charge in [0.1, 0.15) is 17.5 Å². The molecular formula is C10H8F2N4S. The molecule has 0 aliphatic carbocycles. The number of nitrogens with one attached hydrogen (secondary N) is 1. The van der Waals surface area contributed by atoms with Gasteiger partial charge in [0.05, 0.1) is 6.21 Å². The number of H-pyrrole nitrogens is 1. The Bertz CT molecular complexity index is 629. The lowest BCUT2D eigenvalue weighted by atomic mass is 10.2. The second-order valence-electron chi connectivity index (χ2n) is 3.30. The van der Waals surface area contributed by atoms with Crippen molar-refractivity contribution in [1.82, 2.24) is 14.9 Å². The molecule has 7 heteroatoms. The standard InChI is InChI=1S/C10H8F2N4S/c1-6-14-15-10(17)16(6)13-5-7-2-3-8(11)4-9(7)12/h2-5H,1H3,(H,15,17)/b13-5+. The zero-order valence-electron chi connectivity index (χ0n) is 8.82. The van der Waals surface area contributed by atoms with E-state index in [1.54, 1.807) is 6.92 Å². The molecule has 0 radical (unpaired) electrons. The highest BCUT2D eigenvalue weighted by Gasteiger charge is 2.02. The van der Waals surface area contributed by atoms with Crippen LogP contribution in [0.25, 0.3) is 0 Å². The quantitative estimate of drug-likeness (QED) is 0.660. The first-order valence-electron chi connectivity index (χ1n) is 4.71. The Hall–Kier alpha value is -1.89. The maximum atomic E-state index is 13.3. The summed E-state index contributed by atoms with van der Waals surface area (Å²) in [7, 11) is 0. The Labute approximate surface area is 101 Å². The van der Waals surface area contributed by atoms with Crippen LogP contribution in [0.5, 0.6) is 0 Å². The maximum Gasteiger partial charge on any atom is 0.216 e. The predicted molar refractivity (Wildman–Crippen MR) is 61.5 cm³/mol. The van der Waals surface area contributed by atoms with Crippen molar-refractivity contribution in [2.45, 2.75) is 6.92 Å². The summed E-state index contributed by atoms with van der Waals surface area (Å²) in [6.45, 7) is 1.70. The zero-order valence-corrected chi connectivity index (χ0v) is 9.63. The van der Waals surface area contributed by atoms with Gasteiger partial charge in [0.2, 0.25) is 4.77 Å². The van der Waals surface area contributed by atoms with Crippen LogP contribution in [-0.2, 0) is 0 Å². The Balaban J connectivity index is 2.36. The van der Waals surface area contributed by atoms with Gasteiger partial charge in [-0.25, -0.2) is 8.78 Å². The molecule has 0 aliphatic rings. The molecule has 2 aromatic rings. The van der Waals surface area contributed by atoms with E-state index < -0.39 is 11.6 Å². The normalized spacial score (nSPS) is 11.2. The summed E-state index contributed by atoms with van der Waals surface area (Å²) in [6.07, 6.45) is 1.26. The number of hydrogen-bond acceptors (Lipinski definition) is 3. The molecule has 0 amide bonds. The fourth-order valence-corrected chi connectivity index (χ4v) is 1.46. The van der Waals surface area contributed by atoms with Crippen LogP contribution in [-0.4, -0.2) is 21.1 Å². The van der Waals surface area contributed by atoms with Crippen molar-refractivity contribution in [3.63, 3.8) is 0 Å². The Morgan fingerprint density at radius 1 is 1.47 bits per heavy atom. The zero-order chi connectivity index (χ0) is 12.4. The van der Waals surface area contributed by atoms with Crippen molar-refractivity contribution in [2.24, 2.45) is 5.10 Å². The van der Waals surface area contributed by atoms with E-state index in [1.807, 2.05) is 0 Å². The molecule has 1 N–H and O–H groups in total. The molecule has 1 aromatic heterocycles. The van der Waals surface area contributed by atoms with Crippen LogP contribution < -0.4 is 0 Å². The lowest BCUT2D eigenvalue weighted by Gasteiger charge is -1.97. The number of nitrogens with zero attached hydrogens (tertiary/aromatic N) is 3. The van der Waals surface area contributed by atoms with E-state index in [0.717, 1.165) is 12.1 Å². The first-order chi connectivity index (χ1) is 8.08. The van der Waals surface area contributed by atoms with E-state index in [0.29, 0.717) is 10.6 Å². The number of aromatic amines is 1. The first kappa shape index (κ1) is 11.6. The third-order valence-corrected chi connectivity index (χ3v) is 2.35. The monoisotopic (exact) mass is 254 g/mol. The van der Waals surface area contributed by atoms with E-state index in [2.05, 4.69) is 15.3 Å². The van der Waals surface area contributed by atoms with Crippen molar-refractivity contribution in [1.29, 1.82) is 0 Å². The lowest BCUT2D eigenvalue weighted by molar-refractivity contribution is 0.582. The average molecular weight is 254 g/mol. The fraction of sp³-hybridized carbons (Fsp3) is 0.100. The second-order valence-corrected chi connectivity index (χ2v) is 3.68. The van der Waals surface area contributed by atoms with E-state index in [4.69, 9.17) is 12.2 Å². The SMILES string of the molecule is Cc1n[nH]c(=S)n1/N=C/c1ccc(F)cc1F. The minimum absolute atomic E-state index is 0.175. The van der Waals surface area contributed by atoms with Gasteiger partial charge in [0.25, 0.3) is 0 Å². The lowest BCUT2D eigenvalue weighted by Crippen LogP contribution is -1.96. The molecule has 0 saturated carbocycles. The van der Waals surface area contributed by atoms with Crippen molar-refractivity contribution in [2.75, 3.05) is 0 Å². The molecule has 0 fully saturated rings. The number of aryl methyl sites for hydroxylation is 1. The van der Waals surface area contributed by atoms with Crippen molar-refractivity contribution >= 4 is 18.4 Å². The molecule has 0 spiro atoms. The summed E-state index contributed by atoms with van der Waals surface area (Å²) in [5, 5.41) is 10.3. The molecule has 0 bridgehead atoms. The smallest absolute Gasteiger partial charge is 0.216 e. The molecule has 2 rings (SSSR count).